The number of nitrogens with zero attached hydrogens (tertiary/aromatic N) is 1. The molecule has 0 saturated carbocycles. The van der Waals surface area contributed by atoms with Gasteiger partial charge in [-0.3, -0.25) is 4.79 Å². The first-order valence-electron chi connectivity index (χ1n) is 6.99. The Balaban J connectivity index is 2.40. The normalized spacial score (nSPS) is 11.5. The minimum absolute atomic E-state index is 0.167. The Kier molecular flexibility index (Phi) is 7.92. The smallest absolute Gasteiger partial charge is 0.309 e. The van der Waals surface area contributed by atoms with Crippen molar-refractivity contribution in [1.82, 2.24) is 0 Å². The van der Waals surface area contributed by atoms with Crippen molar-refractivity contribution in [2.45, 2.75) is 32.3 Å². The summed E-state index contributed by atoms with van der Waals surface area (Å²) in [6.45, 7) is 2.95. The van der Waals surface area contributed by atoms with E-state index in [0.29, 0.717) is 19.6 Å². The van der Waals surface area contributed by atoms with E-state index in [4.69, 9.17) is 19.5 Å². The molecule has 0 fully saturated rings. The van der Waals surface area contributed by atoms with Crippen LogP contribution in [0.15, 0.2) is 24.3 Å². The second kappa shape index (κ2) is 9.78. The van der Waals surface area contributed by atoms with Crippen LogP contribution in [0.3, 0.4) is 0 Å². The van der Waals surface area contributed by atoms with E-state index >= 15 is 0 Å². The molecule has 5 nitrogen and oxygen atoms in total. The summed E-state index contributed by atoms with van der Waals surface area (Å²) >= 11 is 0. The van der Waals surface area contributed by atoms with Gasteiger partial charge in [0.2, 0.25) is 0 Å². The number of hydrogen-bond donors (Lipinski definition) is 0. The molecule has 0 heterocycles. The highest BCUT2D eigenvalue weighted by atomic mass is 16.5. The predicted molar refractivity (Wildman–Crippen MR) is 77.9 cm³/mol. The highest BCUT2D eigenvalue weighted by Gasteiger charge is 2.14. The molecule has 5 heteroatoms. The fourth-order valence-electron chi connectivity index (χ4n) is 1.71. The number of carbonyl (C=O) groups excluding carboxylic acids is 1. The maximum absolute atomic E-state index is 11.6. The SMILES string of the molecule is CCCOCCC(=O)OC(C#N)Cc1ccc(OC)cc1. The van der Waals surface area contributed by atoms with Crippen LogP contribution in [-0.2, 0) is 20.7 Å². The Morgan fingerprint density at radius 1 is 1.29 bits per heavy atom. The molecule has 0 N–H and O–H groups in total. The lowest BCUT2D eigenvalue weighted by atomic mass is 10.1. The number of carbonyl (C=O) groups is 1. The summed E-state index contributed by atoms with van der Waals surface area (Å²) in [6.07, 6.45) is 0.660. The lowest BCUT2D eigenvalue weighted by Gasteiger charge is -2.11. The van der Waals surface area contributed by atoms with E-state index in [1.807, 2.05) is 37.3 Å². The molecule has 0 aliphatic heterocycles. The first-order valence-corrected chi connectivity index (χ1v) is 6.99. The molecule has 0 aromatic heterocycles. The van der Waals surface area contributed by atoms with Crippen molar-refractivity contribution in [3.63, 3.8) is 0 Å². The molecular weight excluding hydrogens is 270 g/mol. The molecular formula is C16H21NO4. The number of rotatable bonds is 9. The van der Waals surface area contributed by atoms with Gasteiger partial charge < -0.3 is 14.2 Å². The van der Waals surface area contributed by atoms with Crippen molar-refractivity contribution in [2.24, 2.45) is 0 Å². The van der Waals surface area contributed by atoms with Crippen molar-refractivity contribution < 1.29 is 19.0 Å². The average molecular weight is 291 g/mol. The maximum Gasteiger partial charge on any atom is 0.309 e. The van der Waals surface area contributed by atoms with Crippen LogP contribution in [0.1, 0.15) is 25.3 Å². The molecule has 1 rings (SSSR count). The van der Waals surface area contributed by atoms with Gasteiger partial charge in [0, 0.05) is 13.0 Å². The van der Waals surface area contributed by atoms with Crippen LogP contribution >= 0.6 is 0 Å². The Bertz CT molecular complexity index is 464. The van der Waals surface area contributed by atoms with Gasteiger partial charge in [0.1, 0.15) is 11.8 Å². The summed E-state index contributed by atoms with van der Waals surface area (Å²) in [5, 5.41) is 9.06. The largest absolute Gasteiger partial charge is 0.497 e. The first-order chi connectivity index (χ1) is 10.2. The van der Waals surface area contributed by atoms with E-state index in [9.17, 15) is 4.79 Å². The molecule has 0 radical (unpaired) electrons. The van der Waals surface area contributed by atoms with Crippen molar-refractivity contribution in [1.29, 1.82) is 5.26 Å². The molecule has 1 atom stereocenters. The van der Waals surface area contributed by atoms with E-state index in [-0.39, 0.29) is 6.42 Å². The standard InChI is InChI=1S/C16H21NO4/c1-3-9-20-10-8-16(18)21-15(12-17)11-13-4-6-14(19-2)7-5-13/h4-7,15H,3,8-11H2,1-2H3. The lowest BCUT2D eigenvalue weighted by molar-refractivity contribution is -0.147. The summed E-state index contributed by atoms with van der Waals surface area (Å²) in [5.74, 6) is 0.337. The third-order valence-electron chi connectivity index (χ3n) is 2.80. The quantitative estimate of drug-likeness (QED) is 0.516. The topological polar surface area (TPSA) is 68.5 Å². The van der Waals surface area contributed by atoms with E-state index in [0.717, 1.165) is 17.7 Å². The van der Waals surface area contributed by atoms with Crippen molar-refractivity contribution in [2.75, 3.05) is 20.3 Å². The molecule has 0 aliphatic carbocycles. The van der Waals surface area contributed by atoms with Gasteiger partial charge in [0.15, 0.2) is 6.10 Å². The second-order valence-corrected chi connectivity index (χ2v) is 4.52. The van der Waals surface area contributed by atoms with Crippen LogP contribution in [0.2, 0.25) is 0 Å². The van der Waals surface area contributed by atoms with Crippen molar-refractivity contribution in [3.8, 4) is 11.8 Å². The van der Waals surface area contributed by atoms with Gasteiger partial charge in [-0.25, -0.2) is 0 Å². The van der Waals surface area contributed by atoms with Crippen LogP contribution in [-0.4, -0.2) is 32.4 Å². The first kappa shape index (κ1) is 17.0. The number of hydrogen-bond acceptors (Lipinski definition) is 5. The Labute approximate surface area is 125 Å². The van der Waals surface area contributed by atoms with Crippen molar-refractivity contribution in [3.05, 3.63) is 29.8 Å². The highest BCUT2D eigenvalue weighted by molar-refractivity contribution is 5.69. The number of methoxy groups -OCH3 is 1. The molecule has 0 spiro atoms. The van der Waals surface area contributed by atoms with Crippen LogP contribution in [0.25, 0.3) is 0 Å². The molecule has 1 aromatic carbocycles. The average Bonchev–Trinajstić information content (AvgIpc) is 2.51. The molecule has 21 heavy (non-hydrogen) atoms. The number of esters is 1. The van der Waals surface area contributed by atoms with Gasteiger partial charge in [0.05, 0.1) is 20.1 Å². The van der Waals surface area contributed by atoms with E-state index in [2.05, 4.69) is 0 Å². The minimum atomic E-state index is -0.780. The molecule has 1 aromatic rings. The van der Waals surface area contributed by atoms with Crippen molar-refractivity contribution >= 4 is 5.97 Å². The Hall–Kier alpha value is -2.06. The van der Waals surface area contributed by atoms with Gasteiger partial charge >= 0.3 is 5.97 Å². The Morgan fingerprint density at radius 3 is 2.57 bits per heavy atom. The molecule has 114 valence electrons. The summed E-state index contributed by atoms with van der Waals surface area (Å²) in [5.41, 5.74) is 0.914. The zero-order valence-electron chi connectivity index (χ0n) is 12.5. The summed E-state index contributed by atoms with van der Waals surface area (Å²) in [7, 11) is 1.59. The van der Waals surface area contributed by atoms with E-state index < -0.39 is 12.1 Å². The number of benzene rings is 1. The van der Waals surface area contributed by atoms with Gasteiger partial charge in [-0.1, -0.05) is 19.1 Å². The fraction of sp³-hybridized carbons (Fsp3) is 0.500. The zero-order chi connectivity index (χ0) is 15.5. The third kappa shape index (κ3) is 6.77. The van der Waals surface area contributed by atoms with Crippen LogP contribution < -0.4 is 4.74 Å². The molecule has 0 saturated heterocycles. The van der Waals surface area contributed by atoms with Crippen LogP contribution in [0.5, 0.6) is 5.75 Å². The Morgan fingerprint density at radius 2 is 2.00 bits per heavy atom. The maximum atomic E-state index is 11.6. The zero-order valence-corrected chi connectivity index (χ0v) is 12.5. The molecule has 1 unspecified atom stereocenters. The molecule has 0 bridgehead atoms. The number of nitriles is 1. The summed E-state index contributed by atoms with van der Waals surface area (Å²) in [4.78, 5) is 11.6. The third-order valence-corrected chi connectivity index (χ3v) is 2.80. The lowest BCUT2D eigenvalue weighted by Crippen LogP contribution is -2.20. The summed E-state index contributed by atoms with van der Waals surface area (Å²) < 4.78 is 15.4. The van der Waals surface area contributed by atoms with Gasteiger partial charge in [-0.2, -0.15) is 5.26 Å². The second-order valence-electron chi connectivity index (χ2n) is 4.52. The number of ether oxygens (including phenoxy) is 3. The minimum Gasteiger partial charge on any atom is -0.497 e. The van der Waals surface area contributed by atoms with Gasteiger partial charge in [-0.05, 0) is 24.1 Å². The predicted octanol–water partition coefficient (Wildman–Crippen LogP) is 2.49. The molecule has 0 aliphatic rings. The van der Waals surface area contributed by atoms with E-state index in [1.54, 1.807) is 7.11 Å². The fourth-order valence-corrected chi connectivity index (χ4v) is 1.71. The van der Waals surface area contributed by atoms with Gasteiger partial charge in [-0.15, -0.1) is 0 Å². The monoisotopic (exact) mass is 291 g/mol. The van der Waals surface area contributed by atoms with Crippen LogP contribution in [0.4, 0.5) is 0 Å². The highest BCUT2D eigenvalue weighted by Crippen LogP contribution is 2.13. The van der Waals surface area contributed by atoms with E-state index in [1.165, 1.54) is 0 Å². The summed E-state index contributed by atoms with van der Waals surface area (Å²) in [6, 6.07) is 9.31. The van der Waals surface area contributed by atoms with Gasteiger partial charge in [0.25, 0.3) is 0 Å². The van der Waals surface area contributed by atoms with Crippen LogP contribution in [0, 0.1) is 11.3 Å². The molecule has 0 amide bonds.